The van der Waals surface area contributed by atoms with E-state index in [0.29, 0.717) is 33.9 Å². The first-order chi connectivity index (χ1) is 12.4. The van der Waals surface area contributed by atoms with Gasteiger partial charge in [-0.25, -0.2) is 0 Å². The molecule has 0 spiro atoms. The molecule has 4 atom stereocenters. The van der Waals surface area contributed by atoms with Gasteiger partial charge in [0.15, 0.2) is 0 Å². The number of fused-ring (bicyclic) bond motifs is 1. The molecule has 2 aliphatic carbocycles. The average Bonchev–Trinajstić information content (AvgIpc) is 2.65. The molecule has 3 rings (SSSR count). The van der Waals surface area contributed by atoms with E-state index in [0.717, 1.165) is 19.3 Å². The Labute approximate surface area is 163 Å². The maximum atomic E-state index is 12.8. The summed E-state index contributed by atoms with van der Waals surface area (Å²) in [4.78, 5) is 25.6. The molecular formula is C22H30O3Se. The molecule has 0 amide bonds. The maximum absolute atomic E-state index is 12.8. The van der Waals surface area contributed by atoms with Gasteiger partial charge < -0.3 is 0 Å². The summed E-state index contributed by atoms with van der Waals surface area (Å²) >= 11 is 0.443. The third-order valence-corrected chi connectivity index (χ3v) is 9.30. The number of Topliss-reactive ketones (excluding diaryl/α,β-unsaturated/α-hetero) is 1. The Morgan fingerprint density at radius 2 is 1.96 bits per heavy atom. The molecule has 0 aliphatic heterocycles. The van der Waals surface area contributed by atoms with Crippen molar-refractivity contribution in [3.8, 4) is 0 Å². The van der Waals surface area contributed by atoms with Gasteiger partial charge in [0.25, 0.3) is 0 Å². The van der Waals surface area contributed by atoms with E-state index in [9.17, 15) is 9.59 Å². The molecule has 4 heteroatoms. The molecule has 2 saturated carbocycles. The van der Waals surface area contributed by atoms with Gasteiger partial charge in [0.2, 0.25) is 0 Å². The summed E-state index contributed by atoms with van der Waals surface area (Å²) in [7, 11) is 0. The van der Waals surface area contributed by atoms with Gasteiger partial charge in [-0.05, 0) is 0 Å². The third-order valence-electron chi connectivity index (χ3n) is 6.83. The zero-order valence-electron chi connectivity index (χ0n) is 16.1. The van der Waals surface area contributed by atoms with Crippen molar-refractivity contribution in [3.05, 3.63) is 30.3 Å². The van der Waals surface area contributed by atoms with Gasteiger partial charge in [0, 0.05) is 0 Å². The van der Waals surface area contributed by atoms with Gasteiger partial charge in [-0.2, -0.15) is 0 Å². The number of rotatable bonds is 5. The molecule has 0 unspecified atom stereocenters. The Balaban J connectivity index is 1.83. The molecule has 1 aromatic carbocycles. The van der Waals surface area contributed by atoms with Crippen LogP contribution >= 0.6 is 0 Å². The number of ether oxygens (including phenoxy) is 1. The van der Waals surface area contributed by atoms with Crippen LogP contribution in [0.1, 0.15) is 52.9 Å². The van der Waals surface area contributed by atoms with E-state index in [1.54, 1.807) is 0 Å². The van der Waals surface area contributed by atoms with Crippen molar-refractivity contribution >= 4 is 31.2 Å². The fourth-order valence-electron chi connectivity index (χ4n) is 5.20. The van der Waals surface area contributed by atoms with E-state index in [1.807, 2.05) is 13.8 Å². The Morgan fingerprint density at radius 3 is 2.65 bits per heavy atom. The number of carbonyl (C=O) groups excluding carboxylic acids is 2. The topological polar surface area (TPSA) is 43.4 Å². The second-order valence-corrected chi connectivity index (χ2v) is 10.5. The first-order valence-electron chi connectivity index (χ1n) is 9.81. The van der Waals surface area contributed by atoms with Gasteiger partial charge in [-0.3, -0.25) is 0 Å². The van der Waals surface area contributed by atoms with Crippen LogP contribution in [0.5, 0.6) is 0 Å². The number of hydrogen-bond acceptors (Lipinski definition) is 3. The number of hydrogen-bond donors (Lipinski definition) is 0. The van der Waals surface area contributed by atoms with E-state index >= 15 is 0 Å². The number of esters is 1. The first-order valence-corrected chi connectivity index (χ1v) is 11.9. The van der Waals surface area contributed by atoms with E-state index < -0.39 is 5.41 Å². The van der Waals surface area contributed by atoms with Gasteiger partial charge in [0.05, 0.1) is 0 Å². The van der Waals surface area contributed by atoms with Crippen molar-refractivity contribution in [2.75, 3.05) is 6.61 Å². The Morgan fingerprint density at radius 1 is 1.23 bits per heavy atom. The molecule has 0 bridgehead atoms. The monoisotopic (exact) mass is 422 g/mol. The minimum absolute atomic E-state index is 0.0597. The van der Waals surface area contributed by atoms with Gasteiger partial charge in [-0.1, -0.05) is 0 Å². The molecule has 2 aliphatic rings. The summed E-state index contributed by atoms with van der Waals surface area (Å²) in [6.45, 7) is 6.36. The quantitative estimate of drug-likeness (QED) is 0.413. The summed E-state index contributed by atoms with van der Waals surface area (Å²) in [5.41, 5.74) is -0.897. The first kappa shape index (κ1) is 19.6. The molecule has 0 saturated heterocycles. The van der Waals surface area contributed by atoms with Crippen molar-refractivity contribution in [2.24, 2.45) is 22.7 Å². The number of carbonyl (C=O) groups is 2. The van der Waals surface area contributed by atoms with E-state index in [1.165, 1.54) is 16.2 Å². The fraction of sp³-hybridized carbons (Fsp3) is 0.636. The molecule has 0 N–H and O–H groups in total. The third kappa shape index (κ3) is 3.39. The van der Waals surface area contributed by atoms with Crippen LogP contribution < -0.4 is 4.46 Å². The summed E-state index contributed by atoms with van der Waals surface area (Å²) in [6, 6.07) is 10.7. The number of benzene rings is 1. The second-order valence-electron chi connectivity index (χ2n) is 8.16. The molecule has 1 aromatic rings. The average molecular weight is 421 g/mol. The molecule has 2 fully saturated rings. The van der Waals surface area contributed by atoms with Crippen LogP contribution in [0.4, 0.5) is 0 Å². The van der Waals surface area contributed by atoms with Gasteiger partial charge in [0.1, 0.15) is 0 Å². The molecule has 0 radical (unpaired) electrons. The van der Waals surface area contributed by atoms with Crippen molar-refractivity contribution in [1.29, 1.82) is 0 Å². The summed E-state index contributed by atoms with van der Waals surface area (Å²) in [5, 5.41) is 1.19. The van der Waals surface area contributed by atoms with E-state index in [4.69, 9.17) is 4.74 Å². The minimum atomic E-state index is -0.957. The standard InChI is InChI=1S/C22H30O3Se/c1-4-25-20(24)22(3)18-12-8-9-16(21(18,2)14-13-19(22)23)15-26-17-10-6-5-7-11-17/h5-7,10-11,16,18H,4,8-9,12-15H2,1-3H3/t16-,18-,21-,22+/m0/s1. The van der Waals surface area contributed by atoms with Crippen LogP contribution in [-0.2, 0) is 14.3 Å². The van der Waals surface area contributed by atoms with Gasteiger partial charge in [-0.15, -0.1) is 0 Å². The summed E-state index contributed by atoms with van der Waals surface area (Å²) in [6.07, 6.45) is 4.72. The van der Waals surface area contributed by atoms with Crippen LogP contribution in [0.25, 0.3) is 0 Å². The Kier molecular flexibility index (Phi) is 5.94. The molecular weight excluding hydrogens is 391 g/mol. The predicted octanol–water partition coefficient (Wildman–Crippen LogP) is 3.79. The SMILES string of the molecule is CCOC(=O)[C@@]1(C)C(=O)CC[C@@]2(C)[C@H](C[Se]c3ccccc3)CCC[C@H]12. The van der Waals surface area contributed by atoms with Crippen molar-refractivity contribution < 1.29 is 14.3 Å². The molecule has 142 valence electrons. The van der Waals surface area contributed by atoms with E-state index in [2.05, 4.69) is 37.3 Å². The summed E-state index contributed by atoms with van der Waals surface area (Å²) in [5.74, 6) is 0.492. The van der Waals surface area contributed by atoms with Crippen LogP contribution in [-0.4, -0.2) is 33.3 Å². The fourth-order valence-corrected chi connectivity index (χ4v) is 7.91. The zero-order valence-corrected chi connectivity index (χ0v) is 17.8. The normalized spacial score (nSPS) is 34.2. The molecule has 3 nitrogen and oxygen atoms in total. The Bertz CT molecular complexity index is 659. The second kappa shape index (κ2) is 7.86. The number of ketones is 1. The molecule has 26 heavy (non-hydrogen) atoms. The van der Waals surface area contributed by atoms with Crippen LogP contribution in [0.2, 0.25) is 5.32 Å². The molecule has 0 heterocycles. The van der Waals surface area contributed by atoms with Crippen LogP contribution in [0.3, 0.4) is 0 Å². The predicted molar refractivity (Wildman–Crippen MR) is 105 cm³/mol. The Hall–Kier alpha value is -1.12. The van der Waals surface area contributed by atoms with E-state index in [-0.39, 0.29) is 23.1 Å². The van der Waals surface area contributed by atoms with Crippen LogP contribution in [0.15, 0.2) is 30.3 Å². The zero-order chi connectivity index (χ0) is 18.8. The van der Waals surface area contributed by atoms with Crippen LogP contribution in [0, 0.1) is 22.7 Å². The van der Waals surface area contributed by atoms with Crippen molar-refractivity contribution in [1.82, 2.24) is 0 Å². The van der Waals surface area contributed by atoms with Gasteiger partial charge >= 0.3 is 163 Å². The molecule has 0 aromatic heterocycles. The van der Waals surface area contributed by atoms with Crippen molar-refractivity contribution in [3.63, 3.8) is 0 Å². The summed E-state index contributed by atoms with van der Waals surface area (Å²) < 4.78 is 6.79. The van der Waals surface area contributed by atoms with Crippen molar-refractivity contribution in [2.45, 2.75) is 58.2 Å².